The van der Waals surface area contributed by atoms with Crippen molar-refractivity contribution in [3.8, 4) is 0 Å². The van der Waals surface area contributed by atoms with Crippen molar-refractivity contribution < 1.29 is 0 Å². The van der Waals surface area contributed by atoms with E-state index in [9.17, 15) is 0 Å². The molecule has 0 radical (unpaired) electrons. The number of aryl methyl sites for hydroxylation is 2. The Hall–Kier alpha value is -2.42. The maximum Gasteiger partial charge on any atom is 0.171 e. The van der Waals surface area contributed by atoms with Crippen LogP contribution in [-0.4, -0.2) is 39.8 Å². The van der Waals surface area contributed by atoms with Gasteiger partial charge in [-0.05, 0) is 98.7 Å². The highest BCUT2D eigenvalue weighted by molar-refractivity contribution is 7.19. The summed E-state index contributed by atoms with van der Waals surface area (Å²) >= 11 is 1.88. The first-order valence-corrected chi connectivity index (χ1v) is 14.5. The molecule has 9 heteroatoms. The van der Waals surface area contributed by atoms with Crippen molar-refractivity contribution in [1.82, 2.24) is 39.8 Å². The summed E-state index contributed by atoms with van der Waals surface area (Å²) in [4.78, 5) is 14.8. The van der Waals surface area contributed by atoms with Gasteiger partial charge in [-0.2, -0.15) is 4.80 Å². The predicted molar refractivity (Wildman–Crippen MR) is 138 cm³/mol. The Morgan fingerprint density at radius 3 is 2.61 bits per heavy atom. The van der Waals surface area contributed by atoms with Gasteiger partial charge in [-0.15, -0.1) is 26.6 Å². The molecule has 0 aliphatic heterocycles. The van der Waals surface area contributed by atoms with Crippen molar-refractivity contribution in [2.24, 2.45) is 23.2 Å². The first kappa shape index (κ1) is 21.6. The Morgan fingerprint density at radius 1 is 1.08 bits per heavy atom. The van der Waals surface area contributed by atoms with Crippen LogP contribution in [0.25, 0.3) is 15.9 Å². The van der Waals surface area contributed by atoms with Gasteiger partial charge in [-0.25, -0.2) is 14.5 Å². The van der Waals surface area contributed by atoms with Gasteiger partial charge in [0, 0.05) is 10.3 Å². The monoisotopic (exact) mass is 502 g/mol. The van der Waals surface area contributed by atoms with Gasteiger partial charge >= 0.3 is 0 Å². The molecule has 0 aromatic carbocycles. The fraction of sp³-hybridized carbons (Fsp3) is 0.704. The number of hydrogen-bond donors (Lipinski definition) is 0. The van der Waals surface area contributed by atoms with Gasteiger partial charge in [0.05, 0.1) is 10.9 Å². The molecule has 4 fully saturated rings. The fourth-order valence-electron chi connectivity index (χ4n) is 8.73. The van der Waals surface area contributed by atoms with E-state index in [4.69, 9.17) is 20.2 Å². The molecule has 4 aromatic heterocycles. The molecule has 3 atom stereocenters. The van der Waals surface area contributed by atoms with Crippen molar-refractivity contribution >= 4 is 27.2 Å². The second kappa shape index (κ2) is 6.91. The normalized spacial score (nSPS) is 33.6. The Bertz CT molecular complexity index is 1510. The van der Waals surface area contributed by atoms with Gasteiger partial charge in [0.2, 0.25) is 0 Å². The Morgan fingerprint density at radius 2 is 1.89 bits per heavy atom. The molecule has 5 aliphatic carbocycles. The van der Waals surface area contributed by atoms with Crippen LogP contribution >= 0.6 is 11.3 Å². The molecule has 0 spiro atoms. The quantitative estimate of drug-likeness (QED) is 0.382. The summed E-state index contributed by atoms with van der Waals surface area (Å²) < 4.78 is 1.98. The van der Waals surface area contributed by atoms with E-state index < -0.39 is 0 Å². The minimum Gasteiger partial charge on any atom is -0.225 e. The molecule has 0 amide bonds. The van der Waals surface area contributed by atoms with Crippen LogP contribution in [0.2, 0.25) is 0 Å². The van der Waals surface area contributed by atoms with Crippen LogP contribution in [-0.2, 0) is 23.8 Å². The topological polar surface area (TPSA) is 86.7 Å². The van der Waals surface area contributed by atoms with Crippen LogP contribution in [0.1, 0.15) is 87.8 Å². The molecule has 0 unspecified atom stereocenters. The average molecular weight is 503 g/mol. The van der Waals surface area contributed by atoms with Gasteiger partial charge in [0.25, 0.3) is 0 Å². The molecule has 4 heterocycles. The standard InChI is InChI=1S/C27H34N8S/c1-15-30-33-35(31-15)27-11-16-7-17(12-27)10-26(9-16,13-27)24-29-22-21-19-6-5-18(25(2,3)4)8-20(19)36-23(21)28-14-34(22)32-24/h14,16-18H,5-13H2,1-4H3/t16-,17-,18-,26?,27?/m1/s1. The molecule has 4 saturated carbocycles. The minimum absolute atomic E-state index is 0.00260. The van der Waals surface area contributed by atoms with E-state index in [1.165, 1.54) is 41.5 Å². The zero-order valence-electron chi connectivity index (χ0n) is 21.7. The van der Waals surface area contributed by atoms with E-state index >= 15 is 0 Å². The van der Waals surface area contributed by atoms with Crippen LogP contribution in [0, 0.1) is 30.1 Å². The van der Waals surface area contributed by atoms with Gasteiger partial charge in [-0.1, -0.05) is 20.8 Å². The SMILES string of the molecule is Cc1nnn(C23C[C@@H]4C[C@H](CC(c5nc6c7c8c(sc7ncn6n5)C[C@H](C(C)(C)C)CC8)(C4)C2)C3)n1. The summed E-state index contributed by atoms with van der Waals surface area (Å²) in [6.07, 6.45) is 12.4. The molecule has 188 valence electrons. The highest BCUT2D eigenvalue weighted by Crippen LogP contribution is 2.64. The number of fused-ring (bicyclic) bond motifs is 5. The van der Waals surface area contributed by atoms with Crippen molar-refractivity contribution in [1.29, 1.82) is 0 Å². The lowest BCUT2D eigenvalue weighted by Crippen LogP contribution is -2.59. The van der Waals surface area contributed by atoms with Gasteiger partial charge in [0.1, 0.15) is 11.2 Å². The number of nitrogens with zero attached hydrogens (tertiary/aromatic N) is 8. The number of thiophene rings is 1. The zero-order chi connectivity index (χ0) is 24.4. The molecule has 5 aliphatic rings. The van der Waals surface area contributed by atoms with Crippen LogP contribution in [0.4, 0.5) is 0 Å². The van der Waals surface area contributed by atoms with E-state index in [0.717, 1.165) is 60.1 Å². The maximum absolute atomic E-state index is 5.36. The fourth-order valence-corrected chi connectivity index (χ4v) is 9.99. The Balaban J connectivity index is 1.24. The lowest BCUT2D eigenvalue weighted by molar-refractivity contribution is -0.0785. The van der Waals surface area contributed by atoms with Crippen LogP contribution in [0.5, 0.6) is 0 Å². The van der Waals surface area contributed by atoms with Gasteiger partial charge in [0.15, 0.2) is 17.3 Å². The summed E-state index contributed by atoms with van der Waals surface area (Å²) in [5.41, 5.74) is 2.79. The molecule has 4 aromatic rings. The smallest absolute Gasteiger partial charge is 0.171 e. The Labute approximate surface area is 214 Å². The van der Waals surface area contributed by atoms with Gasteiger partial charge < -0.3 is 0 Å². The average Bonchev–Trinajstić information content (AvgIpc) is 3.53. The first-order chi connectivity index (χ1) is 17.2. The maximum atomic E-state index is 5.36. The number of rotatable bonds is 2. The molecular formula is C27H34N8S. The molecule has 0 saturated heterocycles. The molecular weight excluding hydrogens is 468 g/mol. The number of tetrazole rings is 1. The number of aromatic nitrogens is 8. The summed E-state index contributed by atoms with van der Waals surface area (Å²) in [5.74, 6) is 3.88. The van der Waals surface area contributed by atoms with Crippen molar-refractivity contribution in [2.45, 2.75) is 96.4 Å². The van der Waals surface area contributed by atoms with E-state index in [0.29, 0.717) is 17.3 Å². The lowest BCUT2D eigenvalue weighted by Gasteiger charge is -2.60. The zero-order valence-corrected chi connectivity index (χ0v) is 22.5. The van der Waals surface area contributed by atoms with E-state index in [1.807, 2.05) is 33.9 Å². The second-order valence-corrected chi connectivity index (χ2v) is 14.6. The van der Waals surface area contributed by atoms with Crippen molar-refractivity contribution in [3.05, 3.63) is 28.4 Å². The van der Waals surface area contributed by atoms with E-state index in [-0.39, 0.29) is 11.0 Å². The lowest BCUT2D eigenvalue weighted by atomic mass is 9.46. The van der Waals surface area contributed by atoms with E-state index in [1.54, 1.807) is 0 Å². The van der Waals surface area contributed by atoms with Crippen LogP contribution in [0.15, 0.2) is 6.33 Å². The first-order valence-electron chi connectivity index (χ1n) is 13.6. The predicted octanol–water partition coefficient (Wildman–Crippen LogP) is 5.03. The number of hydrogen-bond acceptors (Lipinski definition) is 7. The summed E-state index contributed by atoms with van der Waals surface area (Å²) in [5, 5.41) is 19.9. The third-order valence-electron chi connectivity index (χ3n) is 10.1. The van der Waals surface area contributed by atoms with Crippen molar-refractivity contribution in [3.63, 3.8) is 0 Å². The summed E-state index contributed by atoms with van der Waals surface area (Å²) in [6.45, 7) is 9.08. The largest absolute Gasteiger partial charge is 0.225 e. The Kier molecular flexibility index (Phi) is 4.15. The minimum atomic E-state index is -0.0418. The summed E-state index contributed by atoms with van der Waals surface area (Å²) in [6, 6.07) is 0. The third-order valence-corrected chi connectivity index (χ3v) is 11.2. The molecule has 8 nitrogen and oxygen atoms in total. The molecule has 0 N–H and O–H groups in total. The third kappa shape index (κ3) is 2.92. The van der Waals surface area contributed by atoms with Crippen LogP contribution < -0.4 is 0 Å². The van der Waals surface area contributed by atoms with Crippen molar-refractivity contribution in [2.75, 3.05) is 0 Å². The van der Waals surface area contributed by atoms with E-state index in [2.05, 4.69) is 31.1 Å². The second-order valence-electron chi connectivity index (χ2n) is 13.5. The molecule has 9 rings (SSSR count). The molecule has 4 bridgehead atoms. The van der Waals surface area contributed by atoms with Crippen LogP contribution in [0.3, 0.4) is 0 Å². The summed E-state index contributed by atoms with van der Waals surface area (Å²) in [7, 11) is 0. The van der Waals surface area contributed by atoms with Gasteiger partial charge in [-0.3, -0.25) is 0 Å². The molecule has 36 heavy (non-hydrogen) atoms. The highest BCUT2D eigenvalue weighted by atomic mass is 32.1. The highest BCUT2D eigenvalue weighted by Gasteiger charge is 2.61.